The Labute approximate surface area is 144 Å². The fourth-order valence-corrected chi connectivity index (χ4v) is 3.04. The van der Waals surface area contributed by atoms with Gasteiger partial charge in [-0.3, -0.25) is 0 Å². The van der Waals surface area contributed by atoms with Crippen molar-refractivity contribution < 1.29 is 22.7 Å². The first kappa shape index (κ1) is 16.1. The number of aliphatic hydroxyl groups is 1. The van der Waals surface area contributed by atoms with Crippen LogP contribution < -0.4 is 15.3 Å². The maximum absolute atomic E-state index is 13.2. The second-order valence-corrected chi connectivity index (χ2v) is 5.79. The topological polar surface area (TPSA) is 45.8 Å². The summed E-state index contributed by atoms with van der Waals surface area (Å²) in [4.78, 5) is 12.4. The molecule has 4 rings (SSSR count). The van der Waals surface area contributed by atoms with Gasteiger partial charge < -0.3 is 5.11 Å². The van der Waals surface area contributed by atoms with Crippen LogP contribution in [0.25, 0.3) is 16.9 Å². The van der Waals surface area contributed by atoms with Gasteiger partial charge in [-0.2, -0.15) is 22.0 Å². The Morgan fingerprint density at radius 3 is 2.38 bits per heavy atom. The molecule has 0 aliphatic rings. The summed E-state index contributed by atoms with van der Waals surface area (Å²) in [5, 5.41) is 10.9. The lowest BCUT2D eigenvalue weighted by atomic mass is 10.1. The summed E-state index contributed by atoms with van der Waals surface area (Å²) in [6.07, 6.45) is -3.08. The molecule has 1 aromatic carbocycles. The fourth-order valence-electron chi connectivity index (χ4n) is 3.04. The van der Waals surface area contributed by atoms with Crippen molar-refractivity contribution in [1.29, 1.82) is 0 Å². The highest BCUT2D eigenvalue weighted by Gasteiger charge is 2.34. The standard InChI is InChI=1S/C19H11F3N2O2/c20-19(21,22)13-10-14-17(18(26)12-6-2-1-3-7-12)23-9-5-4-8-15(23)24(14)16(25)11-13/h1-11H/p+1. The lowest BCUT2D eigenvalue weighted by molar-refractivity contribution is -0.525. The highest BCUT2D eigenvalue weighted by Crippen LogP contribution is 2.28. The summed E-state index contributed by atoms with van der Waals surface area (Å²) in [5.74, 6) is -0.215. The molecule has 7 heteroatoms. The lowest BCUT2D eigenvalue weighted by Gasteiger charge is -2.04. The third kappa shape index (κ3) is 2.40. The van der Waals surface area contributed by atoms with E-state index in [4.69, 9.17) is 0 Å². The number of hydrogen-bond donors (Lipinski definition) is 1. The molecule has 130 valence electrons. The predicted octanol–water partition coefficient (Wildman–Crippen LogP) is 2.49. The van der Waals surface area contributed by atoms with Gasteiger partial charge in [-0.05, 0) is 6.07 Å². The largest absolute Gasteiger partial charge is 0.503 e. The number of alkyl halides is 3. The fraction of sp³-hybridized carbons (Fsp3) is 0.0526. The highest BCUT2D eigenvalue weighted by atomic mass is 19.4. The lowest BCUT2D eigenvalue weighted by Crippen LogP contribution is -2.38. The van der Waals surface area contributed by atoms with E-state index >= 15 is 0 Å². The van der Waals surface area contributed by atoms with Gasteiger partial charge in [0, 0.05) is 23.8 Å². The van der Waals surface area contributed by atoms with Crippen molar-refractivity contribution in [3.05, 3.63) is 93.7 Å². The van der Waals surface area contributed by atoms with E-state index in [0.29, 0.717) is 17.3 Å². The first-order valence-electron chi connectivity index (χ1n) is 7.72. The number of hydrogen-bond acceptors (Lipinski definition) is 2. The quantitative estimate of drug-likeness (QED) is 0.532. The molecule has 0 atom stereocenters. The van der Waals surface area contributed by atoms with E-state index in [1.54, 1.807) is 54.7 Å². The molecule has 0 amide bonds. The number of aliphatic hydroxyl groups excluding tert-OH is 1. The molecule has 4 aromatic rings. The molecule has 0 saturated carbocycles. The number of rotatable bonds is 1. The van der Waals surface area contributed by atoms with E-state index in [1.165, 1.54) is 4.40 Å². The van der Waals surface area contributed by atoms with Gasteiger partial charge in [-0.25, -0.2) is 4.79 Å². The minimum atomic E-state index is -4.67. The van der Waals surface area contributed by atoms with Gasteiger partial charge in [0.2, 0.25) is 5.35 Å². The van der Waals surface area contributed by atoms with E-state index < -0.39 is 17.3 Å². The molecule has 0 fully saturated rings. The van der Waals surface area contributed by atoms with Crippen LogP contribution in [0.4, 0.5) is 13.2 Å². The van der Waals surface area contributed by atoms with Crippen molar-refractivity contribution in [2.75, 3.05) is 0 Å². The Balaban J connectivity index is 2.28. The highest BCUT2D eigenvalue weighted by molar-refractivity contribution is 5.65. The maximum atomic E-state index is 13.2. The molecule has 0 bridgehead atoms. The number of aromatic nitrogens is 2. The zero-order valence-corrected chi connectivity index (χ0v) is 13.2. The van der Waals surface area contributed by atoms with Gasteiger partial charge in [-0.15, -0.1) is 0 Å². The van der Waals surface area contributed by atoms with Crippen LogP contribution >= 0.6 is 0 Å². The average molecular weight is 357 g/mol. The van der Waals surface area contributed by atoms with Gasteiger partial charge in [0.25, 0.3) is 5.65 Å². The first-order chi connectivity index (χ1) is 12.4. The molecule has 3 aromatic heterocycles. The number of fused-ring (bicyclic) bond motifs is 3. The van der Waals surface area contributed by atoms with Crippen LogP contribution in [-0.2, 0) is 6.18 Å². The van der Waals surface area contributed by atoms with Crippen LogP contribution in [0.5, 0.6) is 0 Å². The summed E-state index contributed by atoms with van der Waals surface area (Å²) in [6, 6.07) is 14.8. The minimum absolute atomic E-state index is 0.0163. The molecule has 0 aliphatic carbocycles. The Kier molecular flexibility index (Phi) is 3.47. The van der Waals surface area contributed by atoms with E-state index in [1.807, 2.05) is 0 Å². The van der Waals surface area contributed by atoms with Crippen LogP contribution in [0.3, 0.4) is 0 Å². The number of halogens is 3. The molecule has 26 heavy (non-hydrogen) atoms. The van der Waals surface area contributed by atoms with Gasteiger partial charge >= 0.3 is 11.7 Å². The Bertz CT molecular complexity index is 1250. The molecule has 0 aliphatic heterocycles. The summed E-state index contributed by atoms with van der Waals surface area (Å²) in [7, 11) is 0. The predicted molar refractivity (Wildman–Crippen MR) is 88.6 cm³/mol. The van der Waals surface area contributed by atoms with Gasteiger partial charge in [-0.1, -0.05) is 36.4 Å². The molecular weight excluding hydrogens is 345 g/mol. The van der Waals surface area contributed by atoms with Crippen molar-refractivity contribution in [3.63, 3.8) is 0 Å². The van der Waals surface area contributed by atoms with Crippen LogP contribution in [-0.4, -0.2) is 9.51 Å². The SMILES string of the molecule is O=c1cc(C(F)(F)F)cc2/c(=C(\O)c3ccccc3)[n+]3ccccc3n12. The normalized spacial score (nSPS) is 13.3. The van der Waals surface area contributed by atoms with E-state index in [2.05, 4.69) is 0 Å². The summed E-state index contributed by atoms with van der Waals surface area (Å²) < 4.78 is 42.2. The van der Waals surface area contributed by atoms with Crippen LogP contribution in [0.2, 0.25) is 0 Å². The van der Waals surface area contributed by atoms with E-state index in [0.717, 1.165) is 10.5 Å². The third-order valence-electron chi connectivity index (χ3n) is 4.18. The van der Waals surface area contributed by atoms with Crippen molar-refractivity contribution in [2.45, 2.75) is 6.18 Å². The van der Waals surface area contributed by atoms with Gasteiger partial charge in [0.1, 0.15) is 0 Å². The number of imidazole rings is 1. The van der Waals surface area contributed by atoms with Crippen LogP contribution in [0.15, 0.2) is 71.7 Å². The second kappa shape index (κ2) is 5.59. The monoisotopic (exact) mass is 357 g/mol. The van der Waals surface area contributed by atoms with Gasteiger partial charge in [0.05, 0.1) is 11.8 Å². The van der Waals surface area contributed by atoms with Crippen molar-refractivity contribution in [2.24, 2.45) is 0 Å². The molecule has 0 radical (unpaired) electrons. The van der Waals surface area contributed by atoms with Crippen molar-refractivity contribution >= 4 is 16.9 Å². The van der Waals surface area contributed by atoms with Crippen molar-refractivity contribution in [3.8, 4) is 0 Å². The average Bonchev–Trinajstić information content (AvgIpc) is 2.96. The molecule has 3 heterocycles. The third-order valence-corrected chi connectivity index (χ3v) is 4.18. The Morgan fingerprint density at radius 1 is 1.00 bits per heavy atom. The second-order valence-electron chi connectivity index (χ2n) is 5.79. The molecule has 0 saturated heterocycles. The van der Waals surface area contributed by atoms with E-state index in [-0.39, 0.29) is 16.6 Å². The zero-order valence-electron chi connectivity index (χ0n) is 13.2. The van der Waals surface area contributed by atoms with E-state index in [9.17, 15) is 23.1 Å². The first-order valence-corrected chi connectivity index (χ1v) is 7.72. The van der Waals surface area contributed by atoms with Crippen LogP contribution in [0, 0.1) is 0 Å². The smallest absolute Gasteiger partial charge is 0.416 e. The number of pyridine rings is 2. The summed E-state index contributed by atoms with van der Waals surface area (Å²) in [6.45, 7) is 0. The molecule has 1 N–H and O–H groups in total. The number of nitrogens with zero attached hydrogens (tertiary/aromatic N) is 2. The maximum Gasteiger partial charge on any atom is 0.416 e. The van der Waals surface area contributed by atoms with Gasteiger partial charge in [0.15, 0.2) is 11.3 Å². The zero-order chi connectivity index (χ0) is 18.5. The summed E-state index contributed by atoms with van der Waals surface area (Å²) >= 11 is 0. The minimum Gasteiger partial charge on any atom is -0.503 e. The molecule has 0 unspecified atom stereocenters. The summed E-state index contributed by atoms with van der Waals surface area (Å²) in [5.41, 5.74) is -1.09. The molecule has 4 nitrogen and oxygen atoms in total. The Morgan fingerprint density at radius 2 is 1.69 bits per heavy atom. The Hall–Kier alpha value is -3.35. The molecular formula is C19H12F3N2O2+. The van der Waals surface area contributed by atoms with Crippen molar-refractivity contribution in [1.82, 2.24) is 4.40 Å². The van der Waals surface area contributed by atoms with Crippen LogP contribution in [0.1, 0.15) is 11.1 Å². The molecule has 0 spiro atoms. The number of benzene rings is 1.